The molecule has 0 saturated carbocycles. The van der Waals surface area contributed by atoms with Crippen LogP contribution in [-0.2, 0) is 0 Å². The third-order valence-electron chi connectivity index (χ3n) is 3.00. The second-order valence-electron chi connectivity index (χ2n) is 4.51. The van der Waals surface area contributed by atoms with Crippen LogP contribution in [0, 0.1) is 0 Å². The normalized spacial score (nSPS) is 10.3. The molecule has 8 heteroatoms. The highest BCUT2D eigenvalue weighted by atomic mass is 32.2. The third kappa shape index (κ3) is 3.49. The lowest BCUT2D eigenvalue weighted by Crippen LogP contribution is -2.28. The largest absolute Gasteiger partial charge is 0.338 e. The first kappa shape index (κ1) is 15.0. The molecule has 0 bridgehead atoms. The van der Waals surface area contributed by atoms with Crippen LogP contribution < -0.4 is 10.7 Å². The Kier molecular flexibility index (Phi) is 4.53. The number of nitrogens with one attached hydrogen (secondary N) is 2. The summed E-state index contributed by atoms with van der Waals surface area (Å²) in [7, 11) is 0. The van der Waals surface area contributed by atoms with Crippen LogP contribution in [0.5, 0.6) is 0 Å². The van der Waals surface area contributed by atoms with Crippen LogP contribution in [0.1, 0.15) is 0 Å². The van der Waals surface area contributed by atoms with Gasteiger partial charge in [-0.15, -0.1) is 10.2 Å². The molecule has 116 valence electrons. The molecular weight excluding hydrogens is 312 g/mol. The Labute approximate surface area is 137 Å². The smallest absolute Gasteiger partial charge is 0.307 e. The molecule has 0 aliphatic carbocycles. The zero-order valence-electron chi connectivity index (χ0n) is 12.3. The van der Waals surface area contributed by atoms with Crippen LogP contribution in [-0.4, -0.2) is 32.1 Å². The molecule has 0 fully saturated rings. The minimum atomic E-state index is -0.374. The average molecular weight is 326 g/mol. The Morgan fingerprint density at radius 2 is 1.83 bits per heavy atom. The summed E-state index contributed by atoms with van der Waals surface area (Å²) in [6.45, 7) is 0. The molecule has 2 amide bonds. The highest BCUT2D eigenvalue weighted by Crippen LogP contribution is 2.20. The monoisotopic (exact) mass is 326 g/mol. The van der Waals surface area contributed by atoms with E-state index < -0.39 is 0 Å². The summed E-state index contributed by atoms with van der Waals surface area (Å²) in [6, 6.07) is 12.4. The van der Waals surface area contributed by atoms with Crippen molar-refractivity contribution in [2.75, 3.05) is 17.0 Å². The molecule has 0 radical (unpaired) electrons. The van der Waals surface area contributed by atoms with Gasteiger partial charge in [-0.1, -0.05) is 30.0 Å². The number of pyridine rings is 1. The van der Waals surface area contributed by atoms with Gasteiger partial charge in [-0.25, -0.2) is 14.9 Å². The number of thioether (sulfide) groups is 1. The Morgan fingerprint density at radius 3 is 2.52 bits per heavy atom. The second-order valence-corrected chi connectivity index (χ2v) is 5.29. The number of aromatic nitrogens is 4. The van der Waals surface area contributed by atoms with Crippen LogP contribution in [0.25, 0.3) is 11.4 Å². The first-order chi connectivity index (χ1) is 11.3. The van der Waals surface area contributed by atoms with Gasteiger partial charge in [0.05, 0.1) is 0 Å². The molecular formula is C15H14N6OS. The van der Waals surface area contributed by atoms with Crippen molar-refractivity contribution in [2.45, 2.75) is 5.16 Å². The Bertz CT molecular complexity index is 790. The van der Waals surface area contributed by atoms with Gasteiger partial charge < -0.3 is 5.32 Å². The standard InChI is InChI=1S/C15H14N6OS/c1-23-15-19-18-13(11-7-9-16-10-8-11)21(15)20-14(22)17-12-5-3-2-4-6-12/h2-10H,1H3,(H2,17,20,22). The zero-order chi connectivity index (χ0) is 16.1. The van der Waals surface area contributed by atoms with E-state index in [-0.39, 0.29) is 6.03 Å². The van der Waals surface area contributed by atoms with Gasteiger partial charge in [0, 0.05) is 23.6 Å². The van der Waals surface area contributed by atoms with Crippen molar-refractivity contribution in [1.82, 2.24) is 19.9 Å². The Balaban J connectivity index is 1.84. The number of amides is 2. The predicted molar refractivity (Wildman–Crippen MR) is 89.9 cm³/mol. The second kappa shape index (κ2) is 6.93. The molecule has 2 aromatic heterocycles. The Morgan fingerprint density at radius 1 is 1.09 bits per heavy atom. The first-order valence-electron chi connectivity index (χ1n) is 6.81. The summed E-state index contributed by atoms with van der Waals surface area (Å²) < 4.78 is 1.55. The van der Waals surface area contributed by atoms with Crippen LogP contribution >= 0.6 is 11.8 Å². The molecule has 0 atom stereocenters. The summed E-state index contributed by atoms with van der Waals surface area (Å²) in [4.78, 5) is 16.2. The lowest BCUT2D eigenvalue weighted by atomic mass is 10.2. The van der Waals surface area contributed by atoms with Gasteiger partial charge in [0.2, 0.25) is 5.16 Å². The fourth-order valence-corrected chi connectivity index (χ4v) is 2.41. The van der Waals surface area contributed by atoms with E-state index in [2.05, 4.69) is 25.9 Å². The van der Waals surface area contributed by atoms with Gasteiger partial charge in [-0.05, 0) is 30.5 Å². The van der Waals surface area contributed by atoms with E-state index in [9.17, 15) is 4.79 Å². The fourth-order valence-electron chi connectivity index (χ4n) is 1.97. The molecule has 3 aromatic rings. The summed E-state index contributed by atoms with van der Waals surface area (Å²) in [5.41, 5.74) is 4.27. The number of benzene rings is 1. The topological polar surface area (TPSA) is 84.7 Å². The molecule has 2 heterocycles. The average Bonchev–Trinajstić information content (AvgIpc) is 2.99. The highest BCUT2D eigenvalue weighted by molar-refractivity contribution is 7.98. The molecule has 23 heavy (non-hydrogen) atoms. The lowest BCUT2D eigenvalue weighted by molar-refractivity contribution is 0.259. The van der Waals surface area contributed by atoms with E-state index in [1.54, 1.807) is 29.2 Å². The van der Waals surface area contributed by atoms with Gasteiger partial charge in [-0.2, -0.15) is 0 Å². The number of carbonyl (C=O) groups excluding carboxylic acids is 1. The lowest BCUT2D eigenvalue weighted by Gasteiger charge is -2.11. The highest BCUT2D eigenvalue weighted by Gasteiger charge is 2.15. The minimum absolute atomic E-state index is 0.374. The van der Waals surface area contributed by atoms with Crippen molar-refractivity contribution in [1.29, 1.82) is 0 Å². The molecule has 1 aromatic carbocycles. The number of anilines is 1. The molecule has 0 unspecified atom stereocenters. The van der Waals surface area contributed by atoms with Gasteiger partial charge in [-0.3, -0.25) is 4.98 Å². The quantitative estimate of drug-likeness (QED) is 0.720. The van der Waals surface area contributed by atoms with Crippen molar-refractivity contribution >= 4 is 23.5 Å². The van der Waals surface area contributed by atoms with Crippen molar-refractivity contribution < 1.29 is 4.79 Å². The van der Waals surface area contributed by atoms with Gasteiger partial charge >= 0.3 is 6.03 Å². The van der Waals surface area contributed by atoms with E-state index in [1.807, 2.05) is 36.6 Å². The van der Waals surface area contributed by atoms with E-state index in [4.69, 9.17) is 0 Å². The number of hydrogen-bond donors (Lipinski definition) is 2. The number of para-hydroxylation sites is 1. The van der Waals surface area contributed by atoms with E-state index in [0.717, 1.165) is 5.56 Å². The molecule has 0 aliphatic heterocycles. The number of rotatable bonds is 4. The number of hydrogen-bond acceptors (Lipinski definition) is 5. The van der Waals surface area contributed by atoms with Crippen molar-refractivity contribution in [3.05, 3.63) is 54.9 Å². The number of carbonyl (C=O) groups is 1. The van der Waals surface area contributed by atoms with E-state index in [1.165, 1.54) is 11.8 Å². The van der Waals surface area contributed by atoms with Crippen LogP contribution in [0.4, 0.5) is 10.5 Å². The van der Waals surface area contributed by atoms with Crippen LogP contribution in [0.3, 0.4) is 0 Å². The molecule has 2 N–H and O–H groups in total. The van der Waals surface area contributed by atoms with Crippen molar-refractivity contribution in [3.63, 3.8) is 0 Å². The van der Waals surface area contributed by atoms with Gasteiger partial charge in [0.25, 0.3) is 0 Å². The summed E-state index contributed by atoms with van der Waals surface area (Å²) >= 11 is 1.39. The third-order valence-corrected chi connectivity index (χ3v) is 3.63. The maximum absolute atomic E-state index is 12.2. The number of nitrogens with zero attached hydrogens (tertiary/aromatic N) is 4. The summed E-state index contributed by atoms with van der Waals surface area (Å²) in [6.07, 6.45) is 5.20. The first-order valence-corrected chi connectivity index (χ1v) is 8.03. The maximum atomic E-state index is 12.2. The summed E-state index contributed by atoms with van der Waals surface area (Å²) in [5.74, 6) is 0.542. The maximum Gasteiger partial charge on any atom is 0.338 e. The molecule has 0 aliphatic rings. The molecule has 0 saturated heterocycles. The fraction of sp³-hybridized carbons (Fsp3) is 0.0667. The minimum Gasteiger partial charge on any atom is -0.307 e. The van der Waals surface area contributed by atoms with Gasteiger partial charge in [0.1, 0.15) is 0 Å². The van der Waals surface area contributed by atoms with Crippen LogP contribution in [0.2, 0.25) is 0 Å². The predicted octanol–water partition coefficient (Wildman–Crippen LogP) is 2.84. The molecule has 7 nitrogen and oxygen atoms in total. The van der Waals surface area contributed by atoms with Crippen LogP contribution in [0.15, 0.2) is 60.0 Å². The zero-order valence-corrected chi connectivity index (χ0v) is 13.1. The van der Waals surface area contributed by atoms with Crippen molar-refractivity contribution in [2.24, 2.45) is 0 Å². The molecule has 3 rings (SSSR count). The Hall–Kier alpha value is -2.87. The SMILES string of the molecule is CSc1nnc(-c2ccncc2)n1NC(=O)Nc1ccccc1. The van der Waals surface area contributed by atoms with E-state index in [0.29, 0.717) is 16.7 Å². The van der Waals surface area contributed by atoms with Gasteiger partial charge in [0.15, 0.2) is 5.82 Å². The van der Waals surface area contributed by atoms with E-state index >= 15 is 0 Å². The number of urea groups is 1. The summed E-state index contributed by atoms with van der Waals surface area (Å²) in [5, 5.41) is 11.6. The van der Waals surface area contributed by atoms with Crippen molar-refractivity contribution in [3.8, 4) is 11.4 Å². The molecule has 0 spiro atoms.